The van der Waals surface area contributed by atoms with E-state index in [9.17, 15) is 5.11 Å². The molecule has 1 unspecified atom stereocenters. The Kier molecular flexibility index (Phi) is 4.36. The number of nitrogens with zero attached hydrogens (tertiary/aromatic N) is 2. The predicted molar refractivity (Wildman–Crippen MR) is 95.8 cm³/mol. The third-order valence-electron chi connectivity index (χ3n) is 3.48. The number of hydrogen-bond donors (Lipinski definition) is 4. The number of hydrogen-bond acceptors (Lipinski definition) is 7. The molecule has 0 spiro atoms. The molecule has 0 amide bonds. The van der Waals surface area contributed by atoms with Crippen molar-refractivity contribution in [2.45, 2.75) is 6.23 Å². The van der Waals surface area contributed by atoms with E-state index in [2.05, 4.69) is 20.6 Å². The van der Waals surface area contributed by atoms with Gasteiger partial charge in [-0.3, -0.25) is 5.32 Å². The maximum Gasteiger partial charge on any atom is 0.224 e. The fraction of sp³-hybridized carbons (Fsp3) is 0.200. The summed E-state index contributed by atoms with van der Waals surface area (Å²) < 4.78 is 0. The molecule has 0 radical (unpaired) electrons. The minimum absolute atomic E-state index is 0.486. The fourth-order valence-electron chi connectivity index (χ4n) is 2.30. The lowest BCUT2D eigenvalue weighted by Gasteiger charge is -2.08. The molecule has 0 fully saturated rings. The second-order valence-electron chi connectivity index (χ2n) is 4.90. The smallest absolute Gasteiger partial charge is 0.224 e. The largest absolute Gasteiger partial charge is 0.397 e. The minimum atomic E-state index is -0.842. The fourth-order valence-corrected chi connectivity index (χ4v) is 3.52. The highest BCUT2D eigenvalue weighted by Crippen LogP contribution is 2.41. The van der Waals surface area contributed by atoms with Crippen molar-refractivity contribution in [1.29, 1.82) is 0 Å². The average Bonchev–Trinajstić information content (AvgIpc) is 2.91. The van der Waals surface area contributed by atoms with Gasteiger partial charge in [0.2, 0.25) is 5.95 Å². The molecule has 120 valence electrons. The Labute approximate surface area is 142 Å². The van der Waals surface area contributed by atoms with Crippen LogP contribution >= 0.6 is 22.9 Å². The molecule has 8 heteroatoms. The molecule has 23 heavy (non-hydrogen) atoms. The highest BCUT2D eigenvalue weighted by molar-refractivity contribution is 7.19. The van der Waals surface area contributed by atoms with Gasteiger partial charge in [0.15, 0.2) is 0 Å². The van der Waals surface area contributed by atoms with Gasteiger partial charge in [0, 0.05) is 17.6 Å². The first-order valence-electron chi connectivity index (χ1n) is 6.94. The summed E-state index contributed by atoms with van der Waals surface area (Å²) in [5, 5.41) is 17.2. The van der Waals surface area contributed by atoms with E-state index in [-0.39, 0.29) is 0 Å². The average molecular weight is 350 g/mol. The minimum Gasteiger partial charge on any atom is -0.397 e. The van der Waals surface area contributed by atoms with Crippen molar-refractivity contribution in [1.82, 2.24) is 15.3 Å². The molecule has 6 nitrogen and oxygen atoms in total. The Morgan fingerprint density at radius 3 is 2.52 bits per heavy atom. The van der Waals surface area contributed by atoms with Crippen LogP contribution in [0.2, 0.25) is 5.02 Å². The van der Waals surface area contributed by atoms with Gasteiger partial charge in [0.25, 0.3) is 0 Å². The first kappa shape index (κ1) is 15.9. The summed E-state index contributed by atoms with van der Waals surface area (Å²) in [6.45, 7) is 0. The van der Waals surface area contributed by atoms with Crippen molar-refractivity contribution in [3.63, 3.8) is 0 Å². The van der Waals surface area contributed by atoms with Crippen LogP contribution in [-0.2, 0) is 0 Å². The SMILES string of the molecule is CNc1nc(-c2ccc(Cl)cc2)c2c(N)c(C(O)NC)sc2n1. The Bertz CT molecular complexity index is 849. The maximum atomic E-state index is 10.1. The molecular weight excluding hydrogens is 334 g/mol. The molecule has 0 saturated carbocycles. The summed E-state index contributed by atoms with van der Waals surface area (Å²) in [6.07, 6.45) is -0.842. The highest BCUT2D eigenvalue weighted by Gasteiger charge is 2.21. The van der Waals surface area contributed by atoms with E-state index < -0.39 is 6.23 Å². The molecule has 3 aromatic rings. The molecule has 0 aliphatic rings. The summed E-state index contributed by atoms with van der Waals surface area (Å²) in [6, 6.07) is 7.37. The zero-order valence-corrected chi connectivity index (χ0v) is 14.2. The molecule has 3 rings (SSSR count). The molecule has 0 aliphatic carbocycles. The van der Waals surface area contributed by atoms with E-state index in [1.54, 1.807) is 26.2 Å². The molecule has 0 saturated heterocycles. The van der Waals surface area contributed by atoms with E-state index in [1.807, 2.05) is 12.1 Å². The van der Waals surface area contributed by atoms with Gasteiger partial charge in [-0.25, -0.2) is 9.97 Å². The third kappa shape index (κ3) is 2.84. The number of rotatable bonds is 4. The van der Waals surface area contributed by atoms with Crippen molar-refractivity contribution in [2.24, 2.45) is 0 Å². The summed E-state index contributed by atoms with van der Waals surface area (Å²) >= 11 is 7.31. The van der Waals surface area contributed by atoms with Crippen LogP contribution in [-0.4, -0.2) is 29.2 Å². The molecule has 0 aliphatic heterocycles. The number of aromatic nitrogens is 2. The van der Waals surface area contributed by atoms with Crippen LogP contribution in [0.5, 0.6) is 0 Å². The van der Waals surface area contributed by atoms with Gasteiger partial charge in [-0.15, -0.1) is 11.3 Å². The van der Waals surface area contributed by atoms with Gasteiger partial charge in [-0.05, 0) is 19.2 Å². The van der Waals surface area contributed by atoms with Crippen LogP contribution in [0.25, 0.3) is 21.5 Å². The molecule has 5 N–H and O–H groups in total. The Morgan fingerprint density at radius 2 is 1.91 bits per heavy atom. The zero-order valence-electron chi connectivity index (χ0n) is 12.6. The van der Waals surface area contributed by atoms with Crippen LogP contribution in [0.3, 0.4) is 0 Å². The van der Waals surface area contributed by atoms with Crippen molar-refractivity contribution in [2.75, 3.05) is 25.1 Å². The second-order valence-corrected chi connectivity index (χ2v) is 6.37. The van der Waals surface area contributed by atoms with Gasteiger partial charge >= 0.3 is 0 Å². The number of aliphatic hydroxyl groups is 1. The third-order valence-corrected chi connectivity index (χ3v) is 4.88. The topological polar surface area (TPSA) is 96.1 Å². The van der Waals surface area contributed by atoms with Crippen molar-refractivity contribution >= 4 is 44.8 Å². The van der Waals surface area contributed by atoms with E-state index in [0.29, 0.717) is 27.2 Å². The lowest BCUT2D eigenvalue weighted by atomic mass is 10.1. The summed E-state index contributed by atoms with van der Waals surface area (Å²) in [5.74, 6) is 0.495. The number of nitrogen functional groups attached to an aromatic ring is 1. The number of benzene rings is 1. The first-order chi connectivity index (χ1) is 11.0. The molecule has 1 aromatic carbocycles. The Morgan fingerprint density at radius 1 is 1.22 bits per heavy atom. The Balaban J connectivity index is 2.30. The number of thiophene rings is 1. The predicted octanol–water partition coefficient (Wildman–Crippen LogP) is 2.85. The number of aliphatic hydroxyl groups excluding tert-OH is 1. The van der Waals surface area contributed by atoms with Gasteiger partial charge in [0.05, 0.1) is 21.6 Å². The standard InChI is InChI=1S/C15H16ClN5OS/c1-18-13(22)12-10(17)9-11(7-3-5-8(16)6-4-7)20-15(19-2)21-14(9)23-12/h3-6,13,18,22H,17H2,1-2H3,(H,19,20,21). The number of anilines is 2. The van der Waals surface area contributed by atoms with Crippen LogP contribution in [0.15, 0.2) is 24.3 Å². The first-order valence-corrected chi connectivity index (χ1v) is 8.13. The summed E-state index contributed by atoms with van der Waals surface area (Å²) in [4.78, 5) is 10.3. The monoisotopic (exact) mass is 349 g/mol. The maximum absolute atomic E-state index is 10.1. The van der Waals surface area contributed by atoms with Crippen LogP contribution < -0.4 is 16.4 Å². The van der Waals surface area contributed by atoms with Crippen LogP contribution in [0.1, 0.15) is 11.1 Å². The number of nitrogens with two attached hydrogens (primary N) is 1. The van der Waals surface area contributed by atoms with Crippen LogP contribution in [0.4, 0.5) is 11.6 Å². The quantitative estimate of drug-likeness (QED) is 0.541. The Hall–Kier alpha value is -1.93. The second kappa shape index (κ2) is 6.29. The summed E-state index contributed by atoms with van der Waals surface area (Å²) in [5.41, 5.74) is 8.33. The zero-order chi connectivity index (χ0) is 16.6. The molecule has 0 bridgehead atoms. The van der Waals surface area contributed by atoms with E-state index in [1.165, 1.54) is 11.3 Å². The van der Waals surface area contributed by atoms with Crippen molar-refractivity contribution in [3.05, 3.63) is 34.2 Å². The lowest BCUT2D eigenvalue weighted by Crippen LogP contribution is -2.15. The highest BCUT2D eigenvalue weighted by atomic mass is 35.5. The van der Waals surface area contributed by atoms with Gasteiger partial charge in [-0.1, -0.05) is 23.7 Å². The van der Waals surface area contributed by atoms with Crippen molar-refractivity contribution in [3.8, 4) is 11.3 Å². The van der Waals surface area contributed by atoms with Gasteiger partial charge in [0.1, 0.15) is 11.1 Å². The molecule has 1 atom stereocenters. The number of fused-ring (bicyclic) bond motifs is 1. The summed E-state index contributed by atoms with van der Waals surface area (Å²) in [7, 11) is 3.42. The molecule has 2 heterocycles. The van der Waals surface area contributed by atoms with E-state index >= 15 is 0 Å². The normalized spacial score (nSPS) is 12.5. The number of nitrogens with one attached hydrogen (secondary N) is 2. The van der Waals surface area contributed by atoms with Gasteiger partial charge in [-0.2, -0.15) is 0 Å². The van der Waals surface area contributed by atoms with E-state index in [4.69, 9.17) is 17.3 Å². The van der Waals surface area contributed by atoms with Gasteiger partial charge < -0.3 is 16.2 Å². The molecular formula is C15H16ClN5OS. The lowest BCUT2D eigenvalue weighted by molar-refractivity contribution is 0.154. The number of halogens is 1. The van der Waals surface area contributed by atoms with Crippen LogP contribution in [0, 0.1) is 0 Å². The van der Waals surface area contributed by atoms with Crippen molar-refractivity contribution < 1.29 is 5.11 Å². The van der Waals surface area contributed by atoms with E-state index in [0.717, 1.165) is 15.8 Å². The molecule has 2 aromatic heterocycles.